The second kappa shape index (κ2) is 7.56. The fraction of sp³-hybridized carbons (Fsp3) is 0.733. The van der Waals surface area contributed by atoms with Crippen LogP contribution in [0.2, 0.25) is 0 Å². The molecule has 120 valence electrons. The second-order valence-electron chi connectivity index (χ2n) is 6.31. The molecule has 0 saturated carbocycles. The van der Waals surface area contributed by atoms with Gasteiger partial charge in [-0.25, -0.2) is 0 Å². The first kappa shape index (κ1) is 17.7. The van der Waals surface area contributed by atoms with Crippen molar-refractivity contribution in [2.75, 3.05) is 20.3 Å². The van der Waals surface area contributed by atoms with E-state index in [9.17, 15) is 4.79 Å². The lowest BCUT2D eigenvalue weighted by Gasteiger charge is -2.19. The molecule has 6 nitrogen and oxygen atoms in total. The van der Waals surface area contributed by atoms with Crippen molar-refractivity contribution in [3.63, 3.8) is 0 Å². The molecule has 0 aromatic carbocycles. The van der Waals surface area contributed by atoms with Crippen molar-refractivity contribution in [2.24, 2.45) is 7.05 Å². The Hall–Kier alpha value is -1.40. The maximum atomic E-state index is 11.9. The van der Waals surface area contributed by atoms with E-state index in [0.29, 0.717) is 19.7 Å². The molecule has 1 aromatic rings. The van der Waals surface area contributed by atoms with Crippen LogP contribution in [0.25, 0.3) is 0 Å². The monoisotopic (exact) mass is 296 g/mol. The quantitative estimate of drug-likeness (QED) is 0.735. The standard InChI is InChI=1S/C15H28N4O2/c1-11(14(20)16-7-8-21-6)17-9-12-10-19(5)18-13(12)15(2,3)4/h10-11,17H,7-9H2,1-6H3,(H,16,20). The summed E-state index contributed by atoms with van der Waals surface area (Å²) >= 11 is 0. The fourth-order valence-electron chi connectivity index (χ4n) is 2.08. The first-order chi connectivity index (χ1) is 9.75. The van der Waals surface area contributed by atoms with Gasteiger partial charge < -0.3 is 15.4 Å². The number of nitrogens with one attached hydrogen (secondary N) is 2. The predicted octanol–water partition coefficient (Wildman–Crippen LogP) is 0.958. The van der Waals surface area contributed by atoms with Crippen LogP contribution in [0.4, 0.5) is 0 Å². The summed E-state index contributed by atoms with van der Waals surface area (Å²) < 4.78 is 6.73. The molecule has 6 heteroatoms. The van der Waals surface area contributed by atoms with Crippen molar-refractivity contribution in [3.05, 3.63) is 17.5 Å². The maximum absolute atomic E-state index is 11.9. The summed E-state index contributed by atoms with van der Waals surface area (Å²) in [6.07, 6.45) is 2.00. The number of carbonyl (C=O) groups is 1. The largest absolute Gasteiger partial charge is 0.383 e. The highest BCUT2D eigenvalue weighted by Gasteiger charge is 2.22. The molecular weight excluding hydrogens is 268 g/mol. The normalized spacial score (nSPS) is 13.2. The molecule has 0 spiro atoms. The van der Waals surface area contributed by atoms with Crippen molar-refractivity contribution < 1.29 is 9.53 Å². The Morgan fingerprint density at radius 1 is 1.48 bits per heavy atom. The molecule has 0 bridgehead atoms. The van der Waals surface area contributed by atoms with Gasteiger partial charge in [0.1, 0.15) is 0 Å². The van der Waals surface area contributed by atoms with E-state index in [-0.39, 0.29) is 17.4 Å². The molecule has 0 radical (unpaired) electrons. The molecule has 1 atom stereocenters. The van der Waals surface area contributed by atoms with Gasteiger partial charge in [0.25, 0.3) is 0 Å². The Morgan fingerprint density at radius 3 is 2.71 bits per heavy atom. The van der Waals surface area contributed by atoms with Crippen LogP contribution in [-0.4, -0.2) is 42.0 Å². The zero-order valence-electron chi connectivity index (χ0n) is 14.0. The van der Waals surface area contributed by atoms with Crippen molar-refractivity contribution in [2.45, 2.75) is 45.7 Å². The Kier molecular flexibility index (Phi) is 6.36. The van der Waals surface area contributed by atoms with Crippen LogP contribution in [-0.2, 0) is 28.5 Å². The first-order valence-corrected chi connectivity index (χ1v) is 7.28. The minimum atomic E-state index is -0.255. The molecule has 0 fully saturated rings. The molecule has 0 aliphatic carbocycles. The number of methoxy groups -OCH3 is 1. The first-order valence-electron chi connectivity index (χ1n) is 7.28. The lowest BCUT2D eigenvalue weighted by atomic mass is 9.89. The van der Waals surface area contributed by atoms with Gasteiger partial charge >= 0.3 is 0 Å². The number of hydrogen-bond donors (Lipinski definition) is 2. The Balaban J connectivity index is 2.57. The maximum Gasteiger partial charge on any atom is 0.236 e. The average molecular weight is 296 g/mol. The number of amides is 1. The fourth-order valence-corrected chi connectivity index (χ4v) is 2.08. The summed E-state index contributed by atoms with van der Waals surface area (Å²) in [6.45, 7) is 9.95. The number of carbonyl (C=O) groups excluding carboxylic acids is 1. The predicted molar refractivity (Wildman–Crippen MR) is 83.1 cm³/mol. The van der Waals surface area contributed by atoms with E-state index in [2.05, 4.69) is 36.5 Å². The van der Waals surface area contributed by atoms with Gasteiger partial charge in [-0.1, -0.05) is 20.8 Å². The molecule has 1 heterocycles. The highest BCUT2D eigenvalue weighted by atomic mass is 16.5. The number of aryl methyl sites for hydroxylation is 1. The van der Waals surface area contributed by atoms with Gasteiger partial charge in [-0.05, 0) is 6.92 Å². The molecule has 1 rings (SSSR count). The summed E-state index contributed by atoms with van der Waals surface area (Å²) in [6, 6.07) is -0.255. The minimum Gasteiger partial charge on any atom is -0.383 e. The molecule has 0 aliphatic rings. The van der Waals surface area contributed by atoms with E-state index in [4.69, 9.17) is 4.74 Å². The molecule has 1 aromatic heterocycles. The SMILES string of the molecule is COCCNC(=O)C(C)NCc1cn(C)nc1C(C)(C)C. The highest BCUT2D eigenvalue weighted by molar-refractivity contribution is 5.81. The molecule has 2 N–H and O–H groups in total. The molecule has 21 heavy (non-hydrogen) atoms. The minimum absolute atomic E-state index is 0.0117. The molecule has 1 amide bonds. The Morgan fingerprint density at radius 2 is 2.14 bits per heavy atom. The van der Waals surface area contributed by atoms with Crippen LogP contribution in [0, 0.1) is 0 Å². The van der Waals surface area contributed by atoms with Crippen molar-refractivity contribution in [1.82, 2.24) is 20.4 Å². The third kappa shape index (κ3) is 5.47. The van der Waals surface area contributed by atoms with Crippen molar-refractivity contribution in [3.8, 4) is 0 Å². The van der Waals surface area contributed by atoms with Gasteiger partial charge in [0.2, 0.25) is 5.91 Å². The van der Waals surface area contributed by atoms with Crippen LogP contribution in [0.3, 0.4) is 0 Å². The smallest absolute Gasteiger partial charge is 0.236 e. The van der Waals surface area contributed by atoms with Gasteiger partial charge in [-0.2, -0.15) is 5.10 Å². The van der Waals surface area contributed by atoms with E-state index in [1.807, 2.05) is 24.9 Å². The van der Waals surface area contributed by atoms with E-state index in [1.54, 1.807) is 7.11 Å². The summed E-state index contributed by atoms with van der Waals surface area (Å²) in [5.41, 5.74) is 2.17. The second-order valence-corrected chi connectivity index (χ2v) is 6.31. The van der Waals surface area contributed by atoms with Gasteiger partial charge in [0.05, 0.1) is 18.3 Å². The Bertz CT molecular complexity index is 463. The summed E-state index contributed by atoms with van der Waals surface area (Å²) in [7, 11) is 3.53. The molecule has 1 unspecified atom stereocenters. The van der Waals surface area contributed by atoms with Gasteiger partial charge in [-0.15, -0.1) is 0 Å². The van der Waals surface area contributed by atoms with Gasteiger partial charge in [0, 0.05) is 44.4 Å². The zero-order valence-corrected chi connectivity index (χ0v) is 14.0. The van der Waals surface area contributed by atoms with Crippen LogP contribution in [0.1, 0.15) is 39.0 Å². The molecule has 0 aliphatic heterocycles. The lowest BCUT2D eigenvalue weighted by molar-refractivity contribution is -0.122. The average Bonchev–Trinajstić information content (AvgIpc) is 2.77. The van der Waals surface area contributed by atoms with E-state index < -0.39 is 0 Å². The highest BCUT2D eigenvalue weighted by Crippen LogP contribution is 2.23. The van der Waals surface area contributed by atoms with E-state index in [1.165, 1.54) is 0 Å². The van der Waals surface area contributed by atoms with Gasteiger partial charge in [-0.3, -0.25) is 9.48 Å². The number of rotatable bonds is 7. The topological polar surface area (TPSA) is 68.2 Å². The van der Waals surface area contributed by atoms with E-state index in [0.717, 1.165) is 11.3 Å². The third-order valence-corrected chi connectivity index (χ3v) is 3.21. The summed E-state index contributed by atoms with van der Waals surface area (Å²) in [5, 5.41) is 10.6. The number of hydrogen-bond acceptors (Lipinski definition) is 4. The lowest BCUT2D eigenvalue weighted by Crippen LogP contribution is -2.43. The summed E-state index contributed by atoms with van der Waals surface area (Å²) in [5.74, 6) is -0.0201. The van der Waals surface area contributed by atoms with Gasteiger partial charge in [0.15, 0.2) is 0 Å². The van der Waals surface area contributed by atoms with Crippen LogP contribution < -0.4 is 10.6 Å². The van der Waals surface area contributed by atoms with E-state index >= 15 is 0 Å². The third-order valence-electron chi connectivity index (χ3n) is 3.21. The molecular formula is C15H28N4O2. The Labute approximate surface area is 127 Å². The molecule has 0 saturated heterocycles. The number of aromatic nitrogens is 2. The van der Waals surface area contributed by atoms with Crippen LogP contribution in [0.15, 0.2) is 6.20 Å². The van der Waals surface area contributed by atoms with Crippen molar-refractivity contribution >= 4 is 5.91 Å². The van der Waals surface area contributed by atoms with Crippen LogP contribution >= 0.6 is 0 Å². The number of ether oxygens (including phenoxy) is 1. The van der Waals surface area contributed by atoms with Crippen LogP contribution in [0.5, 0.6) is 0 Å². The summed E-state index contributed by atoms with van der Waals surface area (Å²) in [4.78, 5) is 11.9. The van der Waals surface area contributed by atoms with Crippen molar-refractivity contribution in [1.29, 1.82) is 0 Å². The zero-order chi connectivity index (χ0) is 16.0. The number of nitrogens with zero attached hydrogens (tertiary/aromatic N) is 2.